The first-order chi connectivity index (χ1) is 9.65. The average molecular weight is 274 g/mol. The van der Waals surface area contributed by atoms with Gasteiger partial charge in [-0.2, -0.15) is 0 Å². The normalized spacial score (nSPS) is 14.9. The minimum atomic E-state index is -0.195. The first-order valence-electron chi connectivity index (χ1n) is 6.58. The number of rotatable bonds is 4. The molecule has 0 spiro atoms. The Morgan fingerprint density at radius 3 is 2.85 bits per heavy atom. The maximum absolute atomic E-state index is 11.8. The SMILES string of the molecule is C/C=C/C(=O)Nc1ccc(N2CCCC2=O)c(OC)c1. The fourth-order valence-electron chi connectivity index (χ4n) is 2.22. The molecule has 5 heteroatoms. The molecule has 2 amide bonds. The van der Waals surface area contributed by atoms with Crippen molar-refractivity contribution >= 4 is 23.2 Å². The van der Waals surface area contributed by atoms with E-state index in [-0.39, 0.29) is 11.8 Å². The molecule has 1 aromatic rings. The summed E-state index contributed by atoms with van der Waals surface area (Å²) in [6.45, 7) is 2.49. The molecule has 20 heavy (non-hydrogen) atoms. The van der Waals surface area contributed by atoms with Crippen LogP contribution in [0.4, 0.5) is 11.4 Å². The Kier molecular flexibility index (Phi) is 4.40. The number of carbonyl (C=O) groups is 2. The highest BCUT2D eigenvalue weighted by Gasteiger charge is 2.24. The van der Waals surface area contributed by atoms with Crippen molar-refractivity contribution < 1.29 is 14.3 Å². The zero-order valence-corrected chi connectivity index (χ0v) is 11.7. The summed E-state index contributed by atoms with van der Waals surface area (Å²) in [7, 11) is 1.55. The molecule has 1 aromatic carbocycles. The van der Waals surface area contributed by atoms with E-state index in [2.05, 4.69) is 5.32 Å². The summed E-state index contributed by atoms with van der Waals surface area (Å²) in [5.41, 5.74) is 1.39. The van der Waals surface area contributed by atoms with Crippen LogP contribution < -0.4 is 15.0 Å². The summed E-state index contributed by atoms with van der Waals surface area (Å²) in [6, 6.07) is 5.29. The van der Waals surface area contributed by atoms with E-state index < -0.39 is 0 Å². The summed E-state index contributed by atoms with van der Waals surface area (Å²) in [5.74, 6) is 0.493. The van der Waals surface area contributed by atoms with Crippen LogP contribution in [0.15, 0.2) is 30.4 Å². The van der Waals surface area contributed by atoms with Gasteiger partial charge >= 0.3 is 0 Å². The lowest BCUT2D eigenvalue weighted by Crippen LogP contribution is -2.24. The van der Waals surface area contributed by atoms with Crippen LogP contribution in [0.1, 0.15) is 19.8 Å². The van der Waals surface area contributed by atoms with Crippen molar-refractivity contribution in [1.29, 1.82) is 0 Å². The Balaban J connectivity index is 2.24. The van der Waals surface area contributed by atoms with Crippen molar-refractivity contribution in [3.05, 3.63) is 30.4 Å². The Hall–Kier alpha value is -2.30. The summed E-state index contributed by atoms with van der Waals surface area (Å²) in [5, 5.41) is 2.74. The number of allylic oxidation sites excluding steroid dienone is 1. The summed E-state index contributed by atoms with van der Waals surface area (Å²) >= 11 is 0. The smallest absolute Gasteiger partial charge is 0.248 e. The third-order valence-corrected chi connectivity index (χ3v) is 3.13. The predicted molar refractivity (Wildman–Crippen MR) is 78.0 cm³/mol. The second-order valence-corrected chi connectivity index (χ2v) is 4.52. The number of benzene rings is 1. The number of anilines is 2. The average Bonchev–Trinajstić information content (AvgIpc) is 2.85. The molecule has 0 aromatic heterocycles. The van der Waals surface area contributed by atoms with Gasteiger partial charge in [0.05, 0.1) is 12.8 Å². The van der Waals surface area contributed by atoms with Gasteiger partial charge in [-0.3, -0.25) is 9.59 Å². The molecule has 0 saturated carbocycles. The number of hydrogen-bond acceptors (Lipinski definition) is 3. The van der Waals surface area contributed by atoms with E-state index >= 15 is 0 Å². The third kappa shape index (κ3) is 2.99. The highest BCUT2D eigenvalue weighted by atomic mass is 16.5. The molecule has 1 N–H and O–H groups in total. The topological polar surface area (TPSA) is 58.6 Å². The molecule has 0 radical (unpaired) electrons. The Labute approximate surface area is 118 Å². The fourth-order valence-corrected chi connectivity index (χ4v) is 2.22. The van der Waals surface area contributed by atoms with Gasteiger partial charge < -0.3 is 15.0 Å². The Morgan fingerprint density at radius 2 is 2.25 bits per heavy atom. The van der Waals surface area contributed by atoms with Crippen LogP contribution in [0.2, 0.25) is 0 Å². The van der Waals surface area contributed by atoms with Crippen molar-refractivity contribution in [2.24, 2.45) is 0 Å². The second-order valence-electron chi connectivity index (χ2n) is 4.52. The molecule has 5 nitrogen and oxygen atoms in total. The lowest BCUT2D eigenvalue weighted by Gasteiger charge is -2.19. The lowest BCUT2D eigenvalue weighted by molar-refractivity contribution is -0.117. The molecule has 1 fully saturated rings. The molecule has 1 heterocycles. The minimum absolute atomic E-state index is 0.106. The standard InChI is InChI=1S/C15H18N2O3/c1-3-5-14(18)16-11-7-8-12(13(10-11)20-2)17-9-4-6-15(17)19/h3,5,7-8,10H,4,6,9H2,1-2H3,(H,16,18)/b5-3+. The number of amides is 2. The van der Waals surface area contributed by atoms with E-state index in [0.717, 1.165) is 12.1 Å². The van der Waals surface area contributed by atoms with Crippen molar-refractivity contribution in [1.82, 2.24) is 0 Å². The second kappa shape index (κ2) is 6.23. The van der Waals surface area contributed by atoms with Gasteiger partial charge in [-0.25, -0.2) is 0 Å². The van der Waals surface area contributed by atoms with E-state index in [9.17, 15) is 9.59 Å². The van der Waals surface area contributed by atoms with Gasteiger partial charge in [0, 0.05) is 24.7 Å². The zero-order valence-electron chi connectivity index (χ0n) is 11.7. The minimum Gasteiger partial charge on any atom is -0.494 e. The molecular formula is C15H18N2O3. The lowest BCUT2D eigenvalue weighted by atomic mass is 10.2. The van der Waals surface area contributed by atoms with Crippen LogP contribution >= 0.6 is 0 Å². The van der Waals surface area contributed by atoms with Crippen LogP contribution in [-0.4, -0.2) is 25.5 Å². The molecule has 0 bridgehead atoms. The molecule has 0 aliphatic carbocycles. The molecular weight excluding hydrogens is 256 g/mol. The zero-order chi connectivity index (χ0) is 14.5. The largest absolute Gasteiger partial charge is 0.494 e. The monoisotopic (exact) mass is 274 g/mol. The molecule has 1 saturated heterocycles. The van der Waals surface area contributed by atoms with Gasteiger partial charge in [0.15, 0.2) is 0 Å². The van der Waals surface area contributed by atoms with Crippen molar-refractivity contribution in [2.75, 3.05) is 23.9 Å². The van der Waals surface area contributed by atoms with Crippen LogP contribution in [0, 0.1) is 0 Å². The van der Waals surface area contributed by atoms with Crippen molar-refractivity contribution in [3.63, 3.8) is 0 Å². The Morgan fingerprint density at radius 1 is 1.45 bits per heavy atom. The molecule has 1 aliphatic heterocycles. The van der Waals surface area contributed by atoms with E-state index in [1.165, 1.54) is 6.08 Å². The third-order valence-electron chi connectivity index (χ3n) is 3.13. The summed E-state index contributed by atoms with van der Waals surface area (Å²) in [6.07, 6.45) is 4.55. The molecule has 2 rings (SSSR count). The van der Waals surface area contributed by atoms with Crippen LogP contribution in [0.5, 0.6) is 5.75 Å². The number of methoxy groups -OCH3 is 1. The van der Waals surface area contributed by atoms with E-state index in [0.29, 0.717) is 24.4 Å². The van der Waals surface area contributed by atoms with Crippen molar-refractivity contribution in [2.45, 2.75) is 19.8 Å². The van der Waals surface area contributed by atoms with Crippen LogP contribution in [0.3, 0.4) is 0 Å². The predicted octanol–water partition coefficient (Wildman–Crippen LogP) is 2.34. The summed E-state index contributed by atoms with van der Waals surface area (Å²) < 4.78 is 5.33. The van der Waals surface area contributed by atoms with Gasteiger partial charge in [-0.15, -0.1) is 0 Å². The maximum atomic E-state index is 11.8. The number of hydrogen-bond donors (Lipinski definition) is 1. The molecule has 0 unspecified atom stereocenters. The number of carbonyl (C=O) groups excluding carboxylic acids is 2. The fraction of sp³-hybridized carbons (Fsp3) is 0.333. The number of nitrogens with zero attached hydrogens (tertiary/aromatic N) is 1. The van der Waals surface area contributed by atoms with Crippen molar-refractivity contribution in [3.8, 4) is 5.75 Å². The van der Waals surface area contributed by atoms with Crippen LogP contribution in [-0.2, 0) is 9.59 Å². The Bertz CT molecular complexity index is 552. The summed E-state index contributed by atoms with van der Waals surface area (Å²) in [4.78, 5) is 25.0. The van der Waals surface area contributed by atoms with Gasteiger partial charge in [-0.1, -0.05) is 6.08 Å². The van der Waals surface area contributed by atoms with E-state index in [4.69, 9.17) is 4.74 Å². The number of nitrogens with one attached hydrogen (secondary N) is 1. The van der Waals surface area contributed by atoms with Crippen LogP contribution in [0.25, 0.3) is 0 Å². The number of ether oxygens (including phenoxy) is 1. The highest BCUT2D eigenvalue weighted by Crippen LogP contribution is 2.33. The highest BCUT2D eigenvalue weighted by molar-refractivity contribution is 6.00. The van der Waals surface area contributed by atoms with Gasteiger partial charge in [0.2, 0.25) is 11.8 Å². The first-order valence-corrected chi connectivity index (χ1v) is 6.58. The molecule has 0 atom stereocenters. The van der Waals surface area contributed by atoms with E-state index in [1.54, 1.807) is 43.2 Å². The molecule has 106 valence electrons. The van der Waals surface area contributed by atoms with E-state index in [1.807, 2.05) is 0 Å². The van der Waals surface area contributed by atoms with Gasteiger partial charge in [0.25, 0.3) is 0 Å². The molecule has 1 aliphatic rings. The maximum Gasteiger partial charge on any atom is 0.248 e. The van der Waals surface area contributed by atoms with Gasteiger partial charge in [-0.05, 0) is 31.6 Å². The first kappa shape index (κ1) is 14.1. The quantitative estimate of drug-likeness (QED) is 0.857. The van der Waals surface area contributed by atoms with Gasteiger partial charge in [0.1, 0.15) is 5.75 Å².